The minimum Gasteiger partial charge on any atom is -0.478 e. The molecule has 2 fully saturated rings. The highest BCUT2D eigenvalue weighted by molar-refractivity contribution is 9.10. The van der Waals surface area contributed by atoms with Crippen LogP contribution in [0.4, 0.5) is 26.3 Å². The Balaban J connectivity index is 0.000000169. The Bertz CT molecular complexity index is 2390. The van der Waals surface area contributed by atoms with Gasteiger partial charge in [0.1, 0.15) is 0 Å². The molecule has 4 aromatic carbocycles. The van der Waals surface area contributed by atoms with Crippen molar-refractivity contribution in [3.63, 3.8) is 0 Å². The molecule has 0 radical (unpaired) electrons. The molecular formula is C44H38Br2F6N4O5. The normalized spacial score (nSPS) is 17.5. The minimum absolute atomic E-state index is 0.0484. The second-order valence-electron chi connectivity index (χ2n) is 14.6. The number of nitrogens with one attached hydrogen (secondary N) is 3. The third-order valence-electron chi connectivity index (χ3n) is 10.9. The van der Waals surface area contributed by atoms with E-state index in [-0.39, 0.29) is 34.4 Å². The number of halogens is 8. The monoisotopic (exact) mass is 974 g/mol. The first-order valence-electron chi connectivity index (χ1n) is 19.0. The summed E-state index contributed by atoms with van der Waals surface area (Å²) in [6, 6.07) is 21.2. The number of likely N-dealkylation sites (tertiary alicyclic amines) is 1. The predicted octanol–water partition coefficient (Wildman–Crippen LogP) is 9.32. The van der Waals surface area contributed by atoms with Crippen LogP contribution in [0.2, 0.25) is 0 Å². The van der Waals surface area contributed by atoms with Gasteiger partial charge in [0.2, 0.25) is 5.91 Å². The lowest BCUT2D eigenvalue weighted by molar-refractivity contribution is -0.138. The molecule has 9 nitrogen and oxygen atoms in total. The zero-order valence-corrected chi connectivity index (χ0v) is 35.3. The molecule has 8 rings (SSSR count). The van der Waals surface area contributed by atoms with E-state index in [1.165, 1.54) is 48.6 Å². The Hall–Kier alpha value is -5.26. The van der Waals surface area contributed by atoms with Gasteiger partial charge >= 0.3 is 18.3 Å². The number of hydrogen-bond acceptors (Lipinski definition) is 5. The summed E-state index contributed by atoms with van der Waals surface area (Å²) in [6.45, 7) is 2.71. The summed E-state index contributed by atoms with van der Waals surface area (Å²) in [6.07, 6.45) is -1.97. The number of carbonyl (C=O) groups is 4. The van der Waals surface area contributed by atoms with E-state index in [0.29, 0.717) is 37.6 Å². The predicted molar refractivity (Wildman–Crippen MR) is 223 cm³/mol. The van der Waals surface area contributed by atoms with Crippen molar-refractivity contribution in [3.05, 3.63) is 151 Å². The molecule has 2 saturated heterocycles. The van der Waals surface area contributed by atoms with Gasteiger partial charge in [-0.1, -0.05) is 80.4 Å². The third kappa shape index (κ3) is 10.1. The summed E-state index contributed by atoms with van der Waals surface area (Å²) < 4.78 is 78.4. The van der Waals surface area contributed by atoms with Gasteiger partial charge in [-0.2, -0.15) is 26.3 Å². The highest BCUT2D eigenvalue weighted by Crippen LogP contribution is 2.44. The van der Waals surface area contributed by atoms with Crippen molar-refractivity contribution in [2.45, 2.75) is 49.1 Å². The van der Waals surface area contributed by atoms with E-state index < -0.39 is 35.0 Å². The highest BCUT2D eigenvalue weighted by Gasteiger charge is 2.47. The first kappa shape index (κ1) is 45.3. The van der Waals surface area contributed by atoms with Gasteiger partial charge in [0, 0.05) is 56.4 Å². The lowest BCUT2D eigenvalue weighted by Crippen LogP contribution is -2.50. The van der Waals surface area contributed by atoms with Crippen molar-refractivity contribution in [2.24, 2.45) is 0 Å². The van der Waals surface area contributed by atoms with Crippen LogP contribution in [0, 0.1) is 0 Å². The third-order valence-corrected chi connectivity index (χ3v) is 12.2. The van der Waals surface area contributed by atoms with E-state index in [9.17, 15) is 45.5 Å². The van der Waals surface area contributed by atoms with Crippen molar-refractivity contribution >= 4 is 67.7 Å². The van der Waals surface area contributed by atoms with E-state index in [2.05, 4.69) is 47.8 Å². The Morgan fingerprint density at radius 3 is 1.49 bits per heavy atom. The quantitative estimate of drug-likeness (QED) is 0.119. The molecule has 4 aliphatic heterocycles. The van der Waals surface area contributed by atoms with Crippen LogP contribution in [0.25, 0.3) is 12.2 Å². The molecule has 4 heterocycles. The zero-order chi connectivity index (χ0) is 44.2. The molecule has 3 amide bonds. The second-order valence-corrected chi connectivity index (χ2v) is 16.4. The second kappa shape index (κ2) is 18.4. The lowest BCUT2D eigenvalue weighted by Gasteiger charge is -2.40. The number of nitrogens with zero attached hydrogens (tertiary/aromatic N) is 1. The number of rotatable bonds is 4. The van der Waals surface area contributed by atoms with Gasteiger partial charge in [-0.3, -0.25) is 14.4 Å². The lowest BCUT2D eigenvalue weighted by atomic mass is 9.82. The molecule has 17 heteroatoms. The summed E-state index contributed by atoms with van der Waals surface area (Å²) >= 11 is 7.10. The molecular weight excluding hydrogens is 938 g/mol. The standard InChI is InChI=1S/C22H18BrF3N2O2.C12H13BrN2O.C10H7F3O2/c23-17-7-3-5-15-19(17)21(27-20(15)30)10-12-28(13-11-21)18(29)9-8-14-4-1-2-6-16(14)22(24,25)26;13-9-3-1-2-8-10(9)12(15-11(8)16)4-6-14-7-5-12;11-10(12,13)8-4-2-1-3-7(8)5-6-9(14)15/h1-9H,10-13H2,(H,27,30);1-3,14H,4-7H2,(H,15,16);1-6H,(H,14,15)/b9-8+;;6-5+. The van der Waals surface area contributed by atoms with Gasteiger partial charge in [-0.15, -0.1) is 0 Å². The number of alkyl halides is 6. The fourth-order valence-electron chi connectivity index (χ4n) is 8.03. The largest absolute Gasteiger partial charge is 0.478 e. The van der Waals surface area contributed by atoms with Gasteiger partial charge in [0.25, 0.3) is 11.8 Å². The number of piperidine rings is 2. The minimum atomic E-state index is -4.48. The maximum absolute atomic E-state index is 13.1. The SMILES string of the molecule is O=C(O)/C=C/c1ccccc1C(F)(F)F.O=C1NC2(CCN(C(=O)/C=C/c3ccccc3C(F)(F)F)CC2)c2c(Br)cccc21.O=C1NC2(CCNCC2)c2c(Br)cccc21. The molecule has 0 bridgehead atoms. The van der Waals surface area contributed by atoms with Crippen molar-refractivity contribution in [1.82, 2.24) is 20.9 Å². The number of fused-ring (bicyclic) bond motifs is 4. The van der Waals surface area contributed by atoms with Crippen LogP contribution in [-0.4, -0.2) is 59.9 Å². The number of hydrogen-bond donors (Lipinski definition) is 4. The topological polar surface area (TPSA) is 128 Å². The molecule has 0 atom stereocenters. The Labute approximate surface area is 363 Å². The van der Waals surface area contributed by atoms with Gasteiger partial charge in [-0.05, 0) is 98.4 Å². The van der Waals surface area contributed by atoms with Gasteiger partial charge in [0.05, 0.1) is 22.2 Å². The van der Waals surface area contributed by atoms with E-state index in [1.54, 1.807) is 11.0 Å². The molecule has 4 aromatic rings. The number of benzene rings is 4. The van der Waals surface area contributed by atoms with E-state index in [1.807, 2.05) is 30.3 Å². The Morgan fingerprint density at radius 2 is 1.05 bits per heavy atom. The van der Waals surface area contributed by atoms with Crippen LogP contribution in [0.1, 0.15) is 79.8 Å². The molecule has 320 valence electrons. The average molecular weight is 977 g/mol. The van der Waals surface area contributed by atoms with Crippen LogP contribution in [0.15, 0.2) is 106 Å². The maximum atomic E-state index is 13.1. The van der Waals surface area contributed by atoms with Crippen LogP contribution in [-0.2, 0) is 33.0 Å². The summed E-state index contributed by atoms with van der Waals surface area (Å²) in [5, 5.41) is 17.9. The van der Waals surface area contributed by atoms with Crippen molar-refractivity contribution in [2.75, 3.05) is 26.2 Å². The molecule has 2 spiro atoms. The van der Waals surface area contributed by atoms with E-state index in [0.717, 1.165) is 69.8 Å². The summed E-state index contributed by atoms with van der Waals surface area (Å²) in [5.41, 5.74) is 1.03. The van der Waals surface area contributed by atoms with Crippen LogP contribution >= 0.6 is 31.9 Å². The van der Waals surface area contributed by atoms with E-state index in [4.69, 9.17) is 5.11 Å². The molecule has 4 N–H and O–H groups in total. The molecule has 4 aliphatic rings. The number of amides is 3. The van der Waals surface area contributed by atoms with Crippen LogP contribution < -0.4 is 16.0 Å². The number of aliphatic carboxylic acids is 1. The first-order chi connectivity index (χ1) is 28.8. The average Bonchev–Trinajstić information content (AvgIpc) is 3.66. The summed E-state index contributed by atoms with van der Waals surface area (Å²) in [4.78, 5) is 48.6. The molecule has 0 saturated carbocycles. The molecule has 0 aromatic heterocycles. The Morgan fingerprint density at radius 1 is 0.623 bits per heavy atom. The Kier molecular flexibility index (Phi) is 13.6. The molecule has 0 unspecified atom stereocenters. The fraction of sp³-hybridized carbons (Fsp3) is 0.273. The first-order valence-corrected chi connectivity index (χ1v) is 20.6. The highest BCUT2D eigenvalue weighted by atomic mass is 79.9. The number of carboxylic acid groups (broad SMARTS) is 1. The zero-order valence-electron chi connectivity index (χ0n) is 32.1. The van der Waals surface area contributed by atoms with Crippen molar-refractivity contribution < 1.29 is 50.6 Å². The van der Waals surface area contributed by atoms with Gasteiger partial charge in [0.15, 0.2) is 0 Å². The van der Waals surface area contributed by atoms with Crippen molar-refractivity contribution in [1.29, 1.82) is 0 Å². The van der Waals surface area contributed by atoms with E-state index >= 15 is 0 Å². The van der Waals surface area contributed by atoms with Gasteiger partial charge < -0.3 is 26.0 Å². The molecule has 0 aliphatic carbocycles. The molecule has 61 heavy (non-hydrogen) atoms. The van der Waals surface area contributed by atoms with Crippen molar-refractivity contribution in [3.8, 4) is 0 Å². The van der Waals surface area contributed by atoms with Gasteiger partial charge in [-0.25, -0.2) is 4.79 Å². The summed E-state index contributed by atoms with van der Waals surface area (Å²) in [7, 11) is 0. The fourth-order valence-corrected chi connectivity index (χ4v) is 9.53. The van der Waals surface area contributed by atoms with Crippen LogP contribution in [0.5, 0.6) is 0 Å². The van der Waals surface area contributed by atoms with Crippen LogP contribution in [0.3, 0.4) is 0 Å². The maximum Gasteiger partial charge on any atom is 0.416 e. The number of carboxylic acids is 1. The summed E-state index contributed by atoms with van der Waals surface area (Å²) in [5.74, 6) is -1.70. The smallest absolute Gasteiger partial charge is 0.416 e. The number of carbonyl (C=O) groups excluding carboxylic acids is 3.